The van der Waals surface area contributed by atoms with Gasteiger partial charge in [-0.3, -0.25) is 4.79 Å². The molecule has 0 saturated carbocycles. The van der Waals surface area contributed by atoms with E-state index in [9.17, 15) is 9.59 Å². The highest BCUT2D eigenvalue weighted by Crippen LogP contribution is 2.14. The topological polar surface area (TPSA) is 110 Å². The fourth-order valence-electron chi connectivity index (χ4n) is 1.42. The van der Waals surface area contributed by atoms with Crippen molar-refractivity contribution in [3.8, 4) is 0 Å². The van der Waals surface area contributed by atoms with Gasteiger partial charge in [-0.05, 0) is 6.92 Å². The van der Waals surface area contributed by atoms with E-state index < -0.39 is 5.97 Å². The van der Waals surface area contributed by atoms with Gasteiger partial charge in [-0.2, -0.15) is 0 Å². The van der Waals surface area contributed by atoms with Gasteiger partial charge in [0.05, 0.1) is 12.2 Å². The Balaban J connectivity index is 1.92. The number of rotatable bonds is 5. The van der Waals surface area contributed by atoms with Crippen LogP contribution in [-0.2, 0) is 11.3 Å². The second kappa shape index (κ2) is 5.57. The van der Waals surface area contributed by atoms with E-state index in [-0.39, 0.29) is 24.2 Å². The van der Waals surface area contributed by atoms with Gasteiger partial charge in [-0.15, -0.1) is 16.4 Å². The minimum atomic E-state index is -1.18. The minimum Gasteiger partial charge on any atom is -0.476 e. The summed E-state index contributed by atoms with van der Waals surface area (Å²) in [5, 5.41) is 21.0. The number of nitrogens with zero attached hydrogens (tertiary/aromatic N) is 4. The summed E-state index contributed by atoms with van der Waals surface area (Å²) in [6.45, 7) is 1.73. The van der Waals surface area contributed by atoms with Gasteiger partial charge in [0.2, 0.25) is 5.91 Å². The lowest BCUT2D eigenvalue weighted by Crippen LogP contribution is -2.30. The van der Waals surface area contributed by atoms with E-state index in [0.29, 0.717) is 0 Å². The number of nitrogens with one attached hydrogen (secondary N) is 1. The van der Waals surface area contributed by atoms with Crippen LogP contribution >= 0.6 is 11.3 Å². The van der Waals surface area contributed by atoms with E-state index in [4.69, 9.17) is 5.11 Å². The zero-order valence-electron chi connectivity index (χ0n) is 9.98. The molecule has 1 atom stereocenters. The molecule has 0 fully saturated rings. The summed E-state index contributed by atoms with van der Waals surface area (Å²) in [7, 11) is 0. The molecule has 1 amide bonds. The maximum atomic E-state index is 11.7. The third kappa shape index (κ3) is 3.35. The first-order valence-electron chi connectivity index (χ1n) is 5.38. The third-order valence-electron chi connectivity index (χ3n) is 2.26. The van der Waals surface area contributed by atoms with Crippen molar-refractivity contribution in [2.24, 2.45) is 0 Å². The second-order valence-electron chi connectivity index (χ2n) is 3.77. The molecule has 0 aliphatic carbocycles. The van der Waals surface area contributed by atoms with Crippen molar-refractivity contribution in [3.63, 3.8) is 0 Å². The van der Waals surface area contributed by atoms with Gasteiger partial charge in [0.25, 0.3) is 0 Å². The number of aromatic carboxylic acids is 1. The van der Waals surface area contributed by atoms with E-state index in [1.807, 2.05) is 12.3 Å². The Labute approximate surface area is 112 Å². The van der Waals surface area contributed by atoms with Crippen molar-refractivity contribution in [3.05, 3.63) is 28.5 Å². The first-order valence-corrected chi connectivity index (χ1v) is 6.26. The average molecular weight is 281 g/mol. The largest absolute Gasteiger partial charge is 0.476 e. The minimum absolute atomic E-state index is 0.0873. The van der Waals surface area contributed by atoms with Gasteiger partial charge < -0.3 is 10.4 Å². The maximum absolute atomic E-state index is 11.7. The van der Waals surface area contributed by atoms with Crippen molar-refractivity contribution in [1.82, 2.24) is 25.3 Å². The van der Waals surface area contributed by atoms with Gasteiger partial charge in [0, 0.05) is 11.6 Å². The molecule has 9 heteroatoms. The molecule has 2 rings (SSSR count). The highest BCUT2D eigenvalue weighted by molar-refractivity contribution is 7.09. The second-order valence-corrected chi connectivity index (χ2v) is 4.69. The molecular formula is C10H11N5O3S. The van der Waals surface area contributed by atoms with Crippen LogP contribution in [0.25, 0.3) is 0 Å². The molecule has 2 heterocycles. The van der Waals surface area contributed by atoms with Crippen LogP contribution in [0.1, 0.15) is 28.5 Å². The number of carbonyl (C=O) groups is 2. The Kier molecular flexibility index (Phi) is 3.85. The van der Waals surface area contributed by atoms with Crippen LogP contribution in [0.4, 0.5) is 0 Å². The SMILES string of the molecule is CC(NC(=O)Cn1cc(C(=O)O)nn1)c1nccs1. The van der Waals surface area contributed by atoms with Crippen LogP contribution in [0.2, 0.25) is 0 Å². The molecule has 0 radical (unpaired) electrons. The van der Waals surface area contributed by atoms with Crippen LogP contribution in [0, 0.1) is 0 Å². The number of aromatic nitrogens is 4. The van der Waals surface area contributed by atoms with Gasteiger partial charge in [0.1, 0.15) is 11.6 Å². The molecule has 0 aliphatic heterocycles. The molecule has 0 saturated heterocycles. The monoisotopic (exact) mass is 281 g/mol. The quantitative estimate of drug-likeness (QED) is 0.816. The van der Waals surface area contributed by atoms with E-state index in [1.54, 1.807) is 6.20 Å². The lowest BCUT2D eigenvalue weighted by Gasteiger charge is -2.10. The average Bonchev–Trinajstić information content (AvgIpc) is 2.98. The lowest BCUT2D eigenvalue weighted by molar-refractivity contribution is -0.122. The summed E-state index contributed by atoms with van der Waals surface area (Å²) in [4.78, 5) is 26.4. The molecule has 19 heavy (non-hydrogen) atoms. The third-order valence-corrected chi connectivity index (χ3v) is 3.22. The molecule has 0 aliphatic rings. The summed E-state index contributed by atoms with van der Waals surface area (Å²) in [5.41, 5.74) is -0.194. The molecule has 0 bridgehead atoms. The van der Waals surface area contributed by atoms with Crippen molar-refractivity contribution < 1.29 is 14.7 Å². The van der Waals surface area contributed by atoms with Crippen molar-refractivity contribution in [2.75, 3.05) is 0 Å². The lowest BCUT2D eigenvalue weighted by atomic mass is 10.3. The standard InChI is InChI=1S/C10H11N5O3S/c1-6(9-11-2-3-19-9)12-8(16)5-15-4-7(10(17)18)13-14-15/h2-4,6H,5H2,1H3,(H,12,16)(H,17,18). The summed E-state index contributed by atoms with van der Waals surface area (Å²) in [6.07, 6.45) is 2.87. The van der Waals surface area contributed by atoms with Crippen LogP contribution in [0.5, 0.6) is 0 Å². The Hall–Kier alpha value is -2.29. The zero-order chi connectivity index (χ0) is 13.8. The van der Waals surface area contributed by atoms with Crippen LogP contribution in [-0.4, -0.2) is 37.0 Å². The molecule has 1 unspecified atom stereocenters. The van der Waals surface area contributed by atoms with E-state index in [1.165, 1.54) is 22.2 Å². The van der Waals surface area contributed by atoms with Gasteiger partial charge >= 0.3 is 5.97 Å². The molecule has 0 aromatic carbocycles. The number of carboxylic acid groups (broad SMARTS) is 1. The molecule has 2 aromatic heterocycles. The number of thiazole rings is 1. The smallest absolute Gasteiger partial charge is 0.358 e. The maximum Gasteiger partial charge on any atom is 0.358 e. The van der Waals surface area contributed by atoms with Crippen molar-refractivity contribution >= 4 is 23.2 Å². The molecule has 100 valence electrons. The Bertz CT molecular complexity index is 580. The number of hydrogen-bond donors (Lipinski definition) is 2. The van der Waals surface area contributed by atoms with Gasteiger partial charge in [-0.25, -0.2) is 14.5 Å². The summed E-state index contributed by atoms with van der Waals surface area (Å²) >= 11 is 1.45. The number of carboxylic acids is 1. The van der Waals surface area contributed by atoms with Crippen LogP contribution in [0.3, 0.4) is 0 Å². The Morgan fingerprint density at radius 1 is 1.58 bits per heavy atom. The molecule has 2 N–H and O–H groups in total. The van der Waals surface area contributed by atoms with Gasteiger partial charge in [-0.1, -0.05) is 5.21 Å². The number of amides is 1. The summed E-state index contributed by atoms with van der Waals surface area (Å²) in [6, 6.07) is -0.199. The van der Waals surface area contributed by atoms with Crippen LogP contribution in [0.15, 0.2) is 17.8 Å². The van der Waals surface area contributed by atoms with Gasteiger partial charge in [0.15, 0.2) is 5.69 Å². The normalized spacial score (nSPS) is 12.1. The first-order chi connectivity index (χ1) is 9.06. The Morgan fingerprint density at radius 3 is 2.95 bits per heavy atom. The molecule has 0 spiro atoms. The van der Waals surface area contributed by atoms with Crippen molar-refractivity contribution in [2.45, 2.75) is 19.5 Å². The van der Waals surface area contributed by atoms with E-state index >= 15 is 0 Å². The molecule has 2 aromatic rings. The predicted octanol–water partition coefficient (Wildman–Crippen LogP) is 0.310. The number of carbonyl (C=O) groups excluding carboxylic acids is 1. The highest BCUT2D eigenvalue weighted by Gasteiger charge is 2.14. The Morgan fingerprint density at radius 2 is 2.37 bits per heavy atom. The molecule has 8 nitrogen and oxygen atoms in total. The fraction of sp³-hybridized carbons (Fsp3) is 0.300. The van der Waals surface area contributed by atoms with E-state index in [0.717, 1.165) is 5.01 Å². The summed E-state index contributed by atoms with van der Waals surface area (Å²) < 4.78 is 1.17. The fourth-order valence-corrected chi connectivity index (χ4v) is 2.06. The highest BCUT2D eigenvalue weighted by atomic mass is 32.1. The zero-order valence-corrected chi connectivity index (χ0v) is 10.8. The predicted molar refractivity (Wildman–Crippen MR) is 65.7 cm³/mol. The van der Waals surface area contributed by atoms with Crippen molar-refractivity contribution in [1.29, 1.82) is 0 Å². The molecular weight excluding hydrogens is 270 g/mol. The number of hydrogen-bond acceptors (Lipinski definition) is 6. The van der Waals surface area contributed by atoms with E-state index in [2.05, 4.69) is 20.6 Å². The van der Waals surface area contributed by atoms with Crippen LogP contribution < -0.4 is 5.32 Å². The first kappa shape index (κ1) is 13.1. The summed E-state index contributed by atoms with van der Waals surface area (Å²) in [5.74, 6) is -1.47.